The number of nitriles is 1. The zero-order valence-corrected chi connectivity index (χ0v) is 9.68. The average Bonchev–Trinajstić information content (AvgIpc) is 2.25. The van der Waals surface area contributed by atoms with Crippen LogP contribution in [0.1, 0.15) is 39.5 Å². The maximum Gasteiger partial charge on any atom is 0.221 e. The van der Waals surface area contributed by atoms with E-state index in [1.165, 1.54) is 0 Å². The molecule has 0 aromatic carbocycles. The standard InChI is InChI=1S/C11H21N3O/c1-3-8-14-11(15)6-9-13-10(4-2)5-7-12/h10,13H,3-6,8-9H2,1-2H3,(H,14,15). The Labute approximate surface area is 92.0 Å². The maximum atomic E-state index is 11.2. The summed E-state index contributed by atoms with van der Waals surface area (Å²) in [5, 5.41) is 14.5. The van der Waals surface area contributed by atoms with Crippen LogP contribution < -0.4 is 10.6 Å². The van der Waals surface area contributed by atoms with Gasteiger partial charge >= 0.3 is 0 Å². The second-order valence-electron chi connectivity index (χ2n) is 3.52. The molecule has 0 aromatic rings. The van der Waals surface area contributed by atoms with Gasteiger partial charge in [-0.05, 0) is 12.8 Å². The van der Waals surface area contributed by atoms with Gasteiger partial charge in [-0.25, -0.2) is 0 Å². The monoisotopic (exact) mass is 211 g/mol. The van der Waals surface area contributed by atoms with E-state index in [2.05, 4.69) is 16.7 Å². The van der Waals surface area contributed by atoms with Gasteiger partial charge in [0.15, 0.2) is 0 Å². The van der Waals surface area contributed by atoms with Crippen LogP contribution in [0.4, 0.5) is 0 Å². The number of carbonyl (C=O) groups excluding carboxylic acids is 1. The van der Waals surface area contributed by atoms with E-state index in [0.717, 1.165) is 19.4 Å². The molecule has 1 unspecified atom stereocenters. The maximum absolute atomic E-state index is 11.2. The Morgan fingerprint density at radius 2 is 2.13 bits per heavy atom. The van der Waals surface area contributed by atoms with Crippen LogP contribution >= 0.6 is 0 Å². The Hall–Kier alpha value is -1.08. The highest BCUT2D eigenvalue weighted by Gasteiger charge is 2.05. The fourth-order valence-electron chi connectivity index (χ4n) is 1.21. The van der Waals surface area contributed by atoms with Gasteiger partial charge in [-0.3, -0.25) is 4.79 Å². The van der Waals surface area contributed by atoms with Crippen LogP contribution in [0.2, 0.25) is 0 Å². The number of amides is 1. The molecule has 0 rings (SSSR count). The minimum Gasteiger partial charge on any atom is -0.356 e. The van der Waals surface area contributed by atoms with Crippen molar-refractivity contribution in [3.63, 3.8) is 0 Å². The van der Waals surface area contributed by atoms with Gasteiger partial charge in [-0.2, -0.15) is 5.26 Å². The molecule has 0 saturated carbocycles. The van der Waals surface area contributed by atoms with Crippen LogP contribution in [0, 0.1) is 11.3 Å². The van der Waals surface area contributed by atoms with Gasteiger partial charge in [-0.1, -0.05) is 13.8 Å². The molecule has 4 heteroatoms. The Morgan fingerprint density at radius 1 is 1.40 bits per heavy atom. The highest BCUT2D eigenvalue weighted by molar-refractivity contribution is 5.75. The van der Waals surface area contributed by atoms with Gasteiger partial charge in [0.05, 0.1) is 12.5 Å². The van der Waals surface area contributed by atoms with Crippen LogP contribution in [0.25, 0.3) is 0 Å². The Bertz CT molecular complexity index is 210. The first-order chi connectivity index (χ1) is 7.24. The molecule has 0 radical (unpaired) electrons. The van der Waals surface area contributed by atoms with E-state index in [9.17, 15) is 4.79 Å². The van der Waals surface area contributed by atoms with E-state index in [-0.39, 0.29) is 11.9 Å². The summed E-state index contributed by atoms with van der Waals surface area (Å²) in [6, 6.07) is 2.34. The lowest BCUT2D eigenvalue weighted by Gasteiger charge is -2.12. The molecule has 0 aliphatic rings. The molecule has 0 spiro atoms. The molecule has 15 heavy (non-hydrogen) atoms. The van der Waals surface area contributed by atoms with Crippen LogP contribution in [-0.2, 0) is 4.79 Å². The average molecular weight is 211 g/mol. The lowest BCUT2D eigenvalue weighted by molar-refractivity contribution is -0.121. The number of carbonyl (C=O) groups is 1. The van der Waals surface area contributed by atoms with Crippen molar-refractivity contribution in [2.75, 3.05) is 13.1 Å². The zero-order valence-electron chi connectivity index (χ0n) is 9.68. The molecule has 4 nitrogen and oxygen atoms in total. The molecule has 0 fully saturated rings. The second kappa shape index (κ2) is 9.47. The highest BCUT2D eigenvalue weighted by atomic mass is 16.1. The van der Waals surface area contributed by atoms with Gasteiger partial charge < -0.3 is 10.6 Å². The normalized spacial score (nSPS) is 11.8. The van der Waals surface area contributed by atoms with Crippen molar-refractivity contribution < 1.29 is 4.79 Å². The molecular weight excluding hydrogens is 190 g/mol. The molecule has 0 bridgehead atoms. The van der Waals surface area contributed by atoms with E-state index >= 15 is 0 Å². The van der Waals surface area contributed by atoms with E-state index in [1.54, 1.807) is 0 Å². The second-order valence-corrected chi connectivity index (χ2v) is 3.52. The van der Waals surface area contributed by atoms with Gasteiger partial charge in [-0.15, -0.1) is 0 Å². The summed E-state index contributed by atoms with van der Waals surface area (Å²) in [4.78, 5) is 11.2. The van der Waals surface area contributed by atoms with E-state index in [4.69, 9.17) is 5.26 Å². The zero-order chi connectivity index (χ0) is 11.5. The first kappa shape index (κ1) is 13.9. The van der Waals surface area contributed by atoms with Crippen molar-refractivity contribution in [3.05, 3.63) is 0 Å². The third kappa shape index (κ3) is 7.95. The van der Waals surface area contributed by atoms with Gasteiger partial charge in [0.1, 0.15) is 0 Å². The minimum atomic E-state index is 0.0798. The summed E-state index contributed by atoms with van der Waals surface area (Å²) in [5.74, 6) is 0.0798. The third-order valence-corrected chi connectivity index (χ3v) is 2.19. The lowest BCUT2D eigenvalue weighted by Crippen LogP contribution is -2.33. The number of rotatable bonds is 8. The summed E-state index contributed by atoms with van der Waals surface area (Å²) in [7, 11) is 0. The minimum absolute atomic E-state index is 0.0798. The van der Waals surface area contributed by atoms with E-state index in [1.807, 2.05) is 13.8 Å². The van der Waals surface area contributed by atoms with Gasteiger partial charge in [0.2, 0.25) is 5.91 Å². The topological polar surface area (TPSA) is 64.9 Å². The number of nitrogens with one attached hydrogen (secondary N) is 2. The summed E-state index contributed by atoms with van der Waals surface area (Å²) in [6.07, 6.45) is 2.88. The molecule has 1 amide bonds. The fourth-order valence-corrected chi connectivity index (χ4v) is 1.21. The Kier molecular flexibility index (Phi) is 8.79. The summed E-state index contributed by atoms with van der Waals surface area (Å²) >= 11 is 0. The van der Waals surface area contributed by atoms with Gasteiger partial charge in [0.25, 0.3) is 0 Å². The van der Waals surface area contributed by atoms with Crippen molar-refractivity contribution in [3.8, 4) is 6.07 Å². The van der Waals surface area contributed by atoms with E-state index in [0.29, 0.717) is 19.4 Å². The number of nitrogens with zero attached hydrogens (tertiary/aromatic N) is 1. The van der Waals surface area contributed by atoms with Crippen molar-refractivity contribution in [2.24, 2.45) is 0 Å². The molecule has 0 heterocycles. The molecule has 1 atom stereocenters. The molecular formula is C11H21N3O. The van der Waals surface area contributed by atoms with Crippen molar-refractivity contribution in [1.29, 1.82) is 5.26 Å². The van der Waals surface area contributed by atoms with Crippen molar-refractivity contribution in [1.82, 2.24) is 10.6 Å². The van der Waals surface area contributed by atoms with E-state index < -0.39 is 0 Å². The fraction of sp³-hybridized carbons (Fsp3) is 0.818. The first-order valence-electron chi connectivity index (χ1n) is 5.61. The number of hydrogen-bond acceptors (Lipinski definition) is 3. The molecule has 0 saturated heterocycles. The number of hydrogen-bond donors (Lipinski definition) is 2. The van der Waals surface area contributed by atoms with Crippen molar-refractivity contribution >= 4 is 5.91 Å². The predicted octanol–water partition coefficient (Wildman–Crippen LogP) is 1.18. The van der Waals surface area contributed by atoms with Crippen LogP contribution in [0.5, 0.6) is 0 Å². The molecule has 0 aromatic heterocycles. The van der Waals surface area contributed by atoms with Crippen molar-refractivity contribution in [2.45, 2.75) is 45.6 Å². The van der Waals surface area contributed by atoms with Crippen LogP contribution in [-0.4, -0.2) is 25.0 Å². The lowest BCUT2D eigenvalue weighted by atomic mass is 10.1. The summed E-state index contributed by atoms with van der Waals surface area (Å²) in [6.45, 7) is 5.45. The smallest absolute Gasteiger partial charge is 0.221 e. The molecule has 0 aliphatic carbocycles. The Morgan fingerprint density at radius 3 is 2.67 bits per heavy atom. The third-order valence-electron chi connectivity index (χ3n) is 2.19. The quantitative estimate of drug-likeness (QED) is 0.633. The predicted molar refractivity (Wildman–Crippen MR) is 60.2 cm³/mol. The molecule has 0 aliphatic heterocycles. The van der Waals surface area contributed by atoms with Crippen LogP contribution in [0.15, 0.2) is 0 Å². The Balaban J connectivity index is 3.50. The molecule has 86 valence electrons. The summed E-state index contributed by atoms with van der Waals surface area (Å²) < 4.78 is 0. The largest absolute Gasteiger partial charge is 0.356 e. The molecule has 2 N–H and O–H groups in total. The van der Waals surface area contributed by atoms with Crippen LogP contribution in [0.3, 0.4) is 0 Å². The highest BCUT2D eigenvalue weighted by Crippen LogP contribution is 1.95. The van der Waals surface area contributed by atoms with Gasteiger partial charge in [0, 0.05) is 25.6 Å². The summed E-state index contributed by atoms with van der Waals surface area (Å²) in [5.41, 5.74) is 0. The first-order valence-corrected chi connectivity index (χ1v) is 5.61. The SMILES string of the molecule is CCCNC(=O)CCNC(CC)CC#N.